The molecule has 1 N–H and O–H groups in total. The van der Waals surface area contributed by atoms with Crippen LogP contribution in [0.15, 0.2) is 27.7 Å². The van der Waals surface area contributed by atoms with E-state index >= 15 is 0 Å². The molecule has 4 aromatic heterocycles. The highest BCUT2D eigenvalue weighted by Crippen LogP contribution is 2.37. The Bertz CT molecular complexity index is 1150. The monoisotopic (exact) mass is 458 g/mol. The van der Waals surface area contributed by atoms with Gasteiger partial charge < -0.3 is 4.74 Å². The fraction of sp³-hybridized carbons (Fsp3) is 0.400. The number of hydrogen-bond acceptors (Lipinski definition) is 9. The van der Waals surface area contributed by atoms with Crippen molar-refractivity contribution in [2.75, 3.05) is 26.3 Å². The van der Waals surface area contributed by atoms with Gasteiger partial charge in [-0.05, 0) is 42.6 Å². The van der Waals surface area contributed by atoms with Gasteiger partial charge in [-0.2, -0.15) is 0 Å². The van der Waals surface area contributed by atoms with Crippen molar-refractivity contribution in [3.05, 3.63) is 44.5 Å². The van der Waals surface area contributed by atoms with E-state index in [0.29, 0.717) is 5.16 Å². The molecular formula is C20H22N6OS3. The normalized spacial score (nSPS) is 15.3. The third-order valence-electron chi connectivity index (χ3n) is 5.13. The predicted octanol–water partition coefficient (Wildman–Crippen LogP) is 4.06. The molecule has 1 aliphatic heterocycles. The fourth-order valence-corrected chi connectivity index (χ4v) is 6.17. The van der Waals surface area contributed by atoms with Crippen molar-refractivity contribution in [1.29, 1.82) is 0 Å². The van der Waals surface area contributed by atoms with E-state index in [1.807, 2.05) is 0 Å². The van der Waals surface area contributed by atoms with Crippen LogP contribution < -0.4 is 0 Å². The van der Waals surface area contributed by atoms with Crippen LogP contribution >= 0.6 is 34.4 Å². The average Bonchev–Trinajstić information content (AvgIpc) is 3.46. The van der Waals surface area contributed by atoms with Crippen LogP contribution in [0.1, 0.15) is 27.0 Å². The summed E-state index contributed by atoms with van der Waals surface area (Å²) in [6, 6.07) is 4.17. The molecule has 0 bridgehead atoms. The third kappa shape index (κ3) is 4.28. The molecule has 5 rings (SSSR count). The first-order chi connectivity index (χ1) is 14.7. The minimum atomic E-state index is 0.696. The Morgan fingerprint density at radius 2 is 2.07 bits per heavy atom. The van der Waals surface area contributed by atoms with E-state index in [1.165, 1.54) is 27.1 Å². The molecule has 0 aliphatic carbocycles. The Labute approximate surface area is 186 Å². The zero-order valence-electron chi connectivity index (χ0n) is 16.8. The molecule has 0 atom stereocenters. The maximum absolute atomic E-state index is 5.47. The highest BCUT2D eigenvalue weighted by Gasteiger charge is 2.19. The predicted molar refractivity (Wildman–Crippen MR) is 121 cm³/mol. The second-order valence-corrected chi connectivity index (χ2v) is 10.4. The summed E-state index contributed by atoms with van der Waals surface area (Å²) in [7, 11) is 0. The number of aromatic nitrogens is 5. The van der Waals surface area contributed by atoms with Gasteiger partial charge in [-0.3, -0.25) is 10.00 Å². The molecule has 4 aromatic rings. The number of aromatic amines is 1. The number of aryl methyl sites for hydroxylation is 2. The van der Waals surface area contributed by atoms with Gasteiger partial charge >= 0.3 is 0 Å². The molecule has 7 nitrogen and oxygen atoms in total. The molecule has 1 saturated heterocycles. The first kappa shape index (κ1) is 20.1. The van der Waals surface area contributed by atoms with Gasteiger partial charge in [0.05, 0.1) is 19.8 Å². The maximum Gasteiger partial charge on any atom is 0.214 e. The Morgan fingerprint density at radius 3 is 2.87 bits per heavy atom. The Hall–Kier alpha value is -1.85. The molecule has 1 aliphatic rings. The molecular weight excluding hydrogens is 436 g/mol. The van der Waals surface area contributed by atoms with Gasteiger partial charge in [0.25, 0.3) is 0 Å². The van der Waals surface area contributed by atoms with Gasteiger partial charge in [0.2, 0.25) is 5.16 Å². The summed E-state index contributed by atoms with van der Waals surface area (Å²) < 4.78 is 5.47. The number of fused-ring (bicyclic) bond motifs is 1. The lowest BCUT2D eigenvalue weighted by molar-refractivity contribution is 0.0330. The molecule has 30 heavy (non-hydrogen) atoms. The minimum absolute atomic E-state index is 0.696. The van der Waals surface area contributed by atoms with E-state index in [0.717, 1.165) is 66.2 Å². The first-order valence-electron chi connectivity index (χ1n) is 9.84. The van der Waals surface area contributed by atoms with Crippen LogP contribution in [0.25, 0.3) is 10.2 Å². The van der Waals surface area contributed by atoms with Crippen LogP contribution in [0.2, 0.25) is 0 Å². The number of thiophene rings is 2. The zero-order chi connectivity index (χ0) is 20.5. The standard InChI is InChI=1S/C20H22N6OS3/c1-12-13(2)29-18-17(12)19(22-16(21-18)11-26-5-7-27-8-6-26)30-20-23-15(24-25-20)10-14-4-3-9-28-14/h3-4,9H,5-8,10-11H2,1-2H3,(H,23,24,25). The fourth-order valence-electron chi connectivity index (χ4n) is 3.43. The van der Waals surface area contributed by atoms with Crippen molar-refractivity contribution in [1.82, 2.24) is 30.0 Å². The molecule has 0 spiro atoms. The molecule has 1 fully saturated rings. The van der Waals surface area contributed by atoms with Gasteiger partial charge in [-0.15, -0.1) is 27.8 Å². The van der Waals surface area contributed by atoms with Gasteiger partial charge in [-0.1, -0.05) is 6.07 Å². The summed E-state index contributed by atoms with van der Waals surface area (Å²) in [5.41, 5.74) is 1.24. The summed E-state index contributed by atoms with van der Waals surface area (Å²) in [4.78, 5) is 20.4. The Balaban J connectivity index is 1.43. The van der Waals surface area contributed by atoms with Crippen molar-refractivity contribution < 1.29 is 4.74 Å². The summed E-state index contributed by atoms with van der Waals surface area (Å²) in [6.45, 7) is 8.39. The summed E-state index contributed by atoms with van der Waals surface area (Å²) in [6.07, 6.45) is 0.767. The lowest BCUT2D eigenvalue weighted by atomic mass is 10.2. The Kier molecular flexibility index (Phi) is 5.83. The molecule has 5 heterocycles. The number of H-pyrrole nitrogens is 1. The van der Waals surface area contributed by atoms with Gasteiger partial charge in [0.1, 0.15) is 21.5 Å². The van der Waals surface area contributed by atoms with E-state index in [4.69, 9.17) is 14.7 Å². The average molecular weight is 459 g/mol. The molecule has 156 valence electrons. The third-order valence-corrected chi connectivity index (χ3v) is 7.96. The maximum atomic E-state index is 5.47. The highest BCUT2D eigenvalue weighted by atomic mass is 32.2. The number of nitrogens with one attached hydrogen (secondary N) is 1. The van der Waals surface area contributed by atoms with Crippen LogP contribution in [0.5, 0.6) is 0 Å². The largest absolute Gasteiger partial charge is 0.379 e. The summed E-state index contributed by atoms with van der Waals surface area (Å²) in [5.74, 6) is 1.72. The number of hydrogen-bond donors (Lipinski definition) is 1. The number of ether oxygens (including phenoxy) is 1. The lowest BCUT2D eigenvalue weighted by Gasteiger charge is -2.25. The van der Waals surface area contributed by atoms with Crippen LogP contribution in [-0.2, 0) is 17.7 Å². The van der Waals surface area contributed by atoms with Crippen LogP contribution in [0, 0.1) is 13.8 Å². The Morgan fingerprint density at radius 1 is 1.20 bits per heavy atom. The number of morpholine rings is 1. The van der Waals surface area contributed by atoms with E-state index in [1.54, 1.807) is 22.7 Å². The number of rotatable bonds is 6. The molecule has 0 unspecified atom stereocenters. The van der Waals surface area contributed by atoms with Crippen molar-refractivity contribution in [2.45, 2.75) is 37.0 Å². The summed E-state index contributed by atoms with van der Waals surface area (Å²) in [5, 5.41) is 12.3. The molecule has 0 saturated carbocycles. The smallest absolute Gasteiger partial charge is 0.214 e. The van der Waals surface area contributed by atoms with E-state index in [9.17, 15) is 0 Å². The zero-order valence-corrected chi connectivity index (χ0v) is 19.3. The lowest BCUT2D eigenvalue weighted by Crippen LogP contribution is -2.36. The minimum Gasteiger partial charge on any atom is -0.379 e. The van der Waals surface area contributed by atoms with Crippen molar-refractivity contribution in [3.8, 4) is 0 Å². The van der Waals surface area contributed by atoms with E-state index < -0.39 is 0 Å². The van der Waals surface area contributed by atoms with Gasteiger partial charge in [0, 0.05) is 34.7 Å². The SMILES string of the molecule is Cc1sc2nc(CN3CCOCC3)nc(Sc3n[nH]c(Cc4cccs4)n3)c2c1C. The van der Waals surface area contributed by atoms with Crippen molar-refractivity contribution in [3.63, 3.8) is 0 Å². The van der Waals surface area contributed by atoms with Crippen LogP contribution in [0.3, 0.4) is 0 Å². The van der Waals surface area contributed by atoms with Crippen LogP contribution in [0.4, 0.5) is 0 Å². The van der Waals surface area contributed by atoms with Crippen molar-refractivity contribution in [2.24, 2.45) is 0 Å². The summed E-state index contributed by atoms with van der Waals surface area (Å²) >= 11 is 4.98. The van der Waals surface area contributed by atoms with Crippen LogP contribution in [-0.4, -0.2) is 56.4 Å². The topological polar surface area (TPSA) is 79.8 Å². The molecule has 0 amide bonds. The first-order valence-corrected chi connectivity index (χ1v) is 12.3. The second kappa shape index (κ2) is 8.72. The molecule has 0 radical (unpaired) electrons. The number of nitrogens with zero attached hydrogens (tertiary/aromatic N) is 5. The van der Waals surface area contributed by atoms with Gasteiger partial charge in [0.15, 0.2) is 0 Å². The second-order valence-electron chi connectivity index (χ2n) is 7.22. The highest BCUT2D eigenvalue weighted by molar-refractivity contribution is 7.99. The quantitative estimate of drug-likeness (QED) is 0.436. The van der Waals surface area contributed by atoms with E-state index in [2.05, 4.69) is 51.4 Å². The molecule has 10 heteroatoms. The van der Waals surface area contributed by atoms with E-state index in [-0.39, 0.29) is 0 Å². The van der Waals surface area contributed by atoms with Crippen molar-refractivity contribution >= 4 is 44.7 Å². The van der Waals surface area contributed by atoms with Gasteiger partial charge in [-0.25, -0.2) is 15.0 Å². The molecule has 0 aromatic carbocycles.